The van der Waals surface area contributed by atoms with Gasteiger partial charge in [0.25, 0.3) is 5.91 Å². The van der Waals surface area contributed by atoms with Gasteiger partial charge in [0, 0.05) is 28.7 Å². The molecule has 0 saturated heterocycles. The maximum atomic E-state index is 12.5. The lowest BCUT2D eigenvalue weighted by atomic mass is 10.0. The number of carbonyl (C=O) groups excluding carboxylic acids is 1. The number of nitrogens with one attached hydrogen (secondary N) is 2. The molecule has 0 bridgehead atoms. The molecule has 1 aromatic carbocycles. The molecule has 0 spiro atoms. The van der Waals surface area contributed by atoms with Crippen LogP contribution in [0.15, 0.2) is 18.2 Å². The zero-order valence-corrected chi connectivity index (χ0v) is 11.9. The van der Waals surface area contributed by atoms with Gasteiger partial charge in [0.05, 0.1) is 5.56 Å². The van der Waals surface area contributed by atoms with Gasteiger partial charge in [-0.25, -0.2) is 0 Å². The molecule has 102 valence electrons. The second-order valence-electron chi connectivity index (χ2n) is 5.66. The molecule has 1 aromatic heterocycles. The minimum Gasteiger partial charge on any atom is -0.358 e. The second kappa shape index (κ2) is 4.70. The van der Waals surface area contributed by atoms with Crippen molar-refractivity contribution < 1.29 is 4.79 Å². The lowest BCUT2D eigenvalue weighted by molar-refractivity contribution is 0.0917. The standard InChI is InChI=1S/C15H21N3O/c1-9-6-5-7-11-12(9)13(10(2)17-11)14(19)18-15(3,4)8-16/h5-7,17H,8,16H2,1-4H3,(H,18,19). The highest BCUT2D eigenvalue weighted by Gasteiger charge is 2.23. The molecule has 0 aliphatic rings. The van der Waals surface area contributed by atoms with Crippen LogP contribution < -0.4 is 11.1 Å². The van der Waals surface area contributed by atoms with Gasteiger partial charge in [-0.3, -0.25) is 4.79 Å². The molecule has 1 amide bonds. The van der Waals surface area contributed by atoms with Crippen molar-refractivity contribution in [2.75, 3.05) is 6.54 Å². The van der Waals surface area contributed by atoms with Gasteiger partial charge < -0.3 is 16.0 Å². The Morgan fingerprint density at radius 1 is 1.37 bits per heavy atom. The Bertz CT molecular complexity index is 626. The smallest absolute Gasteiger partial charge is 0.254 e. The number of aromatic amines is 1. The summed E-state index contributed by atoms with van der Waals surface area (Å²) in [4.78, 5) is 15.7. The molecule has 0 aliphatic heterocycles. The molecular weight excluding hydrogens is 238 g/mol. The molecule has 1 heterocycles. The fourth-order valence-corrected chi connectivity index (χ4v) is 2.26. The van der Waals surface area contributed by atoms with Gasteiger partial charge in [0.2, 0.25) is 0 Å². The van der Waals surface area contributed by atoms with E-state index >= 15 is 0 Å². The van der Waals surface area contributed by atoms with Crippen LogP contribution in [-0.4, -0.2) is 23.0 Å². The molecule has 0 fully saturated rings. The van der Waals surface area contributed by atoms with E-state index in [9.17, 15) is 4.79 Å². The van der Waals surface area contributed by atoms with Crippen LogP contribution in [0.1, 0.15) is 35.5 Å². The summed E-state index contributed by atoms with van der Waals surface area (Å²) in [5.41, 5.74) is 8.95. The van der Waals surface area contributed by atoms with E-state index in [-0.39, 0.29) is 5.91 Å². The summed E-state index contributed by atoms with van der Waals surface area (Å²) < 4.78 is 0. The number of rotatable bonds is 3. The van der Waals surface area contributed by atoms with Crippen molar-refractivity contribution in [1.82, 2.24) is 10.3 Å². The maximum Gasteiger partial charge on any atom is 0.254 e. The number of nitrogens with two attached hydrogens (primary N) is 1. The SMILES string of the molecule is Cc1[nH]c2cccc(C)c2c1C(=O)NC(C)(C)CN. The Kier molecular flexibility index (Phi) is 3.37. The summed E-state index contributed by atoms with van der Waals surface area (Å²) in [6.45, 7) is 8.17. The molecule has 4 N–H and O–H groups in total. The second-order valence-corrected chi connectivity index (χ2v) is 5.66. The summed E-state index contributed by atoms with van der Waals surface area (Å²) in [7, 11) is 0. The summed E-state index contributed by atoms with van der Waals surface area (Å²) in [6, 6.07) is 5.99. The van der Waals surface area contributed by atoms with E-state index in [0.29, 0.717) is 6.54 Å². The van der Waals surface area contributed by atoms with E-state index in [1.54, 1.807) is 0 Å². The van der Waals surface area contributed by atoms with Crippen molar-refractivity contribution in [3.8, 4) is 0 Å². The Labute approximate surface area is 113 Å². The highest BCUT2D eigenvalue weighted by molar-refractivity contribution is 6.09. The first-order valence-electron chi connectivity index (χ1n) is 6.46. The van der Waals surface area contributed by atoms with E-state index in [4.69, 9.17) is 5.73 Å². The van der Waals surface area contributed by atoms with Crippen molar-refractivity contribution in [2.24, 2.45) is 5.73 Å². The summed E-state index contributed by atoms with van der Waals surface area (Å²) in [5, 5.41) is 3.98. The van der Waals surface area contributed by atoms with E-state index in [1.165, 1.54) is 0 Å². The van der Waals surface area contributed by atoms with Crippen LogP contribution in [0.25, 0.3) is 10.9 Å². The Morgan fingerprint density at radius 3 is 2.68 bits per heavy atom. The predicted molar refractivity (Wildman–Crippen MR) is 78.4 cm³/mol. The van der Waals surface area contributed by atoms with Gasteiger partial charge in [0.15, 0.2) is 0 Å². The number of fused-ring (bicyclic) bond motifs is 1. The van der Waals surface area contributed by atoms with Crippen molar-refractivity contribution in [3.63, 3.8) is 0 Å². The van der Waals surface area contributed by atoms with Crippen LogP contribution in [0.3, 0.4) is 0 Å². The third-order valence-electron chi connectivity index (χ3n) is 3.41. The average Bonchev–Trinajstić information content (AvgIpc) is 2.66. The number of benzene rings is 1. The number of hydrogen-bond donors (Lipinski definition) is 3. The van der Waals surface area contributed by atoms with Crippen molar-refractivity contribution in [2.45, 2.75) is 33.2 Å². The predicted octanol–water partition coefficient (Wildman–Crippen LogP) is 2.25. The molecule has 4 heteroatoms. The Morgan fingerprint density at radius 2 is 2.05 bits per heavy atom. The van der Waals surface area contributed by atoms with Gasteiger partial charge in [-0.05, 0) is 39.3 Å². The van der Waals surface area contributed by atoms with Gasteiger partial charge in [-0.1, -0.05) is 12.1 Å². The number of aryl methyl sites for hydroxylation is 2. The van der Waals surface area contributed by atoms with E-state index in [0.717, 1.165) is 27.7 Å². The number of hydrogen-bond acceptors (Lipinski definition) is 2. The number of amides is 1. The molecule has 0 unspecified atom stereocenters. The monoisotopic (exact) mass is 259 g/mol. The zero-order chi connectivity index (χ0) is 14.2. The number of aromatic nitrogens is 1. The van der Waals surface area contributed by atoms with E-state index in [1.807, 2.05) is 45.9 Å². The molecule has 0 radical (unpaired) electrons. The largest absolute Gasteiger partial charge is 0.358 e. The van der Waals surface area contributed by atoms with E-state index < -0.39 is 5.54 Å². The summed E-state index contributed by atoms with van der Waals surface area (Å²) in [5.74, 6) is -0.0755. The maximum absolute atomic E-state index is 12.5. The van der Waals surface area contributed by atoms with Gasteiger partial charge in [-0.15, -0.1) is 0 Å². The van der Waals surface area contributed by atoms with Gasteiger partial charge in [-0.2, -0.15) is 0 Å². The number of carbonyl (C=O) groups is 1. The lowest BCUT2D eigenvalue weighted by Crippen LogP contribution is -2.48. The third-order valence-corrected chi connectivity index (χ3v) is 3.41. The topological polar surface area (TPSA) is 70.9 Å². The van der Waals surface area contributed by atoms with Crippen LogP contribution in [0.2, 0.25) is 0 Å². The first-order chi connectivity index (χ1) is 8.85. The third kappa shape index (κ3) is 2.49. The highest BCUT2D eigenvalue weighted by Crippen LogP contribution is 2.25. The minimum atomic E-state index is -0.407. The first kappa shape index (κ1) is 13.6. The molecule has 0 aliphatic carbocycles. The van der Waals surface area contributed by atoms with Crippen LogP contribution >= 0.6 is 0 Å². The minimum absolute atomic E-state index is 0.0755. The quantitative estimate of drug-likeness (QED) is 0.791. The molecule has 0 atom stereocenters. The van der Waals surface area contributed by atoms with Crippen LogP contribution in [-0.2, 0) is 0 Å². The lowest BCUT2D eigenvalue weighted by Gasteiger charge is -2.24. The zero-order valence-electron chi connectivity index (χ0n) is 11.9. The molecular formula is C15H21N3O. The molecule has 2 rings (SSSR count). The molecule has 19 heavy (non-hydrogen) atoms. The molecule has 4 nitrogen and oxygen atoms in total. The fourth-order valence-electron chi connectivity index (χ4n) is 2.26. The highest BCUT2D eigenvalue weighted by atomic mass is 16.1. The molecule has 0 saturated carbocycles. The first-order valence-corrected chi connectivity index (χ1v) is 6.46. The van der Waals surface area contributed by atoms with Crippen LogP contribution in [0, 0.1) is 13.8 Å². The summed E-state index contributed by atoms with van der Waals surface area (Å²) >= 11 is 0. The van der Waals surface area contributed by atoms with Crippen LogP contribution in [0.4, 0.5) is 0 Å². The normalized spacial score (nSPS) is 11.8. The fraction of sp³-hybridized carbons (Fsp3) is 0.400. The average molecular weight is 259 g/mol. The van der Waals surface area contributed by atoms with Gasteiger partial charge >= 0.3 is 0 Å². The summed E-state index contributed by atoms with van der Waals surface area (Å²) in [6.07, 6.45) is 0. The van der Waals surface area contributed by atoms with Gasteiger partial charge in [0.1, 0.15) is 0 Å². The Balaban J connectivity index is 2.51. The van der Waals surface area contributed by atoms with E-state index in [2.05, 4.69) is 10.3 Å². The Hall–Kier alpha value is -1.81. The van der Waals surface area contributed by atoms with Crippen LogP contribution in [0.5, 0.6) is 0 Å². The van der Waals surface area contributed by atoms with Crippen molar-refractivity contribution in [1.29, 1.82) is 0 Å². The number of H-pyrrole nitrogens is 1. The van der Waals surface area contributed by atoms with Crippen molar-refractivity contribution in [3.05, 3.63) is 35.0 Å². The molecule has 2 aromatic rings. The van der Waals surface area contributed by atoms with Crippen molar-refractivity contribution >= 4 is 16.8 Å².